The van der Waals surface area contributed by atoms with Crippen LogP contribution >= 0.6 is 0 Å². The first-order valence-electron chi connectivity index (χ1n) is 23.0. The fourth-order valence-electron chi connectivity index (χ4n) is 11.5. The van der Waals surface area contributed by atoms with Gasteiger partial charge in [-0.3, -0.25) is 0 Å². The van der Waals surface area contributed by atoms with Crippen molar-refractivity contribution in [1.82, 2.24) is 4.57 Å². The van der Waals surface area contributed by atoms with Crippen LogP contribution in [0.5, 0.6) is 0 Å². The molecule has 4 nitrogen and oxygen atoms in total. The lowest BCUT2D eigenvalue weighted by atomic mass is 9.70. The van der Waals surface area contributed by atoms with Crippen LogP contribution in [-0.2, 0) is 5.41 Å². The van der Waals surface area contributed by atoms with Crippen LogP contribution in [0.3, 0.4) is 0 Å². The Kier molecular flexibility index (Phi) is 8.16. The van der Waals surface area contributed by atoms with E-state index >= 15 is 0 Å². The number of para-hydroxylation sites is 6. The molecule has 314 valence electrons. The van der Waals surface area contributed by atoms with E-state index in [9.17, 15) is 0 Å². The maximum absolute atomic E-state index is 7.10. The Labute approximate surface area is 388 Å². The van der Waals surface area contributed by atoms with Gasteiger partial charge in [0.05, 0.1) is 16.4 Å². The zero-order valence-corrected chi connectivity index (χ0v) is 36.4. The maximum atomic E-state index is 7.10. The molecule has 0 aliphatic heterocycles. The minimum atomic E-state index is -0.611. The summed E-state index contributed by atoms with van der Waals surface area (Å²) in [6.45, 7) is 0. The van der Waals surface area contributed by atoms with Crippen molar-refractivity contribution in [1.29, 1.82) is 0 Å². The van der Waals surface area contributed by atoms with Gasteiger partial charge >= 0.3 is 0 Å². The summed E-state index contributed by atoms with van der Waals surface area (Å²) in [5.41, 5.74) is 18.9. The Morgan fingerprint density at radius 2 is 0.806 bits per heavy atom. The SMILES string of the molecule is c1ccc(N(c2ccccc2)c2ccc3c(c2)-c2ccccc2C32c3ccc(N(c4ccccc4)c4ccc5c(c4)c4ccccc4n5-c4ccccc4)cc3-c3oc4ccccc4c32)cc1. The summed E-state index contributed by atoms with van der Waals surface area (Å²) in [7, 11) is 0. The van der Waals surface area contributed by atoms with Crippen LogP contribution in [0, 0.1) is 0 Å². The molecule has 1 atom stereocenters. The highest BCUT2D eigenvalue weighted by molar-refractivity contribution is 6.11. The number of furan rings is 1. The Balaban J connectivity index is 0.993. The van der Waals surface area contributed by atoms with Crippen LogP contribution in [0.15, 0.2) is 253 Å². The molecular weight excluding hydrogens is 815 g/mol. The number of nitrogens with zero attached hydrogens (tertiary/aromatic N) is 3. The van der Waals surface area contributed by atoms with E-state index in [-0.39, 0.29) is 0 Å². The second-order valence-corrected chi connectivity index (χ2v) is 17.6. The van der Waals surface area contributed by atoms with Gasteiger partial charge in [-0.1, -0.05) is 146 Å². The van der Waals surface area contributed by atoms with Crippen molar-refractivity contribution < 1.29 is 4.42 Å². The molecule has 10 aromatic carbocycles. The molecule has 0 N–H and O–H groups in total. The normalized spacial score (nSPS) is 14.3. The van der Waals surface area contributed by atoms with Crippen molar-refractivity contribution in [3.05, 3.63) is 271 Å². The summed E-state index contributed by atoms with van der Waals surface area (Å²) in [5.74, 6) is 0.925. The quantitative estimate of drug-likeness (QED) is 0.160. The van der Waals surface area contributed by atoms with E-state index in [1.54, 1.807) is 0 Å². The van der Waals surface area contributed by atoms with Gasteiger partial charge in [0.15, 0.2) is 0 Å². The number of aromatic nitrogens is 1. The Hall–Kier alpha value is -8.86. The number of anilines is 6. The molecule has 2 aliphatic carbocycles. The molecule has 0 radical (unpaired) electrons. The van der Waals surface area contributed by atoms with Gasteiger partial charge < -0.3 is 18.8 Å². The Bertz CT molecular complexity index is 3830. The Morgan fingerprint density at radius 3 is 1.49 bits per heavy atom. The topological polar surface area (TPSA) is 24.6 Å². The highest BCUT2D eigenvalue weighted by atomic mass is 16.3. The van der Waals surface area contributed by atoms with Crippen molar-refractivity contribution in [3.8, 4) is 28.1 Å². The van der Waals surface area contributed by atoms with E-state index in [1.165, 1.54) is 55.2 Å². The minimum Gasteiger partial charge on any atom is -0.456 e. The molecule has 2 aliphatic rings. The van der Waals surface area contributed by atoms with Gasteiger partial charge in [-0.2, -0.15) is 0 Å². The van der Waals surface area contributed by atoms with Gasteiger partial charge in [0.1, 0.15) is 11.3 Å². The van der Waals surface area contributed by atoms with Crippen LogP contribution in [0.25, 0.3) is 60.9 Å². The molecule has 0 saturated carbocycles. The second kappa shape index (κ2) is 14.6. The highest BCUT2D eigenvalue weighted by Crippen LogP contribution is 2.66. The summed E-state index contributed by atoms with van der Waals surface area (Å²) in [4.78, 5) is 4.75. The fraction of sp³-hybridized carbons (Fsp3) is 0.0159. The van der Waals surface area contributed by atoms with Gasteiger partial charge in [0, 0.05) is 67.1 Å². The van der Waals surface area contributed by atoms with Crippen molar-refractivity contribution in [2.24, 2.45) is 0 Å². The monoisotopic (exact) mass is 855 g/mol. The third kappa shape index (κ3) is 5.41. The predicted molar refractivity (Wildman–Crippen MR) is 276 cm³/mol. The molecular formula is C63H41N3O. The fourth-order valence-corrected chi connectivity index (χ4v) is 11.5. The summed E-state index contributed by atoms with van der Waals surface area (Å²) < 4.78 is 9.47. The standard InChI is InChI=1S/C63H41N3O/c1-5-19-42(20-6-1)64(43-21-7-2-8-22-43)46-33-36-56-52(39-46)49-27-13-16-30-55(49)63(56)57-37-34-47(41-54(57)62-61(63)51-29-15-18-32-60(51)67-62)65(44-23-9-3-10-24-44)48-35-38-59-53(40-48)50-28-14-17-31-58(50)66(59)45-25-11-4-12-26-45/h1-41H. The number of hydrogen-bond donors (Lipinski definition) is 0. The number of rotatable bonds is 7. The van der Waals surface area contributed by atoms with E-state index in [1.807, 2.05) is 0 Å². The van der Waals surface area contributed by atoms with E-state index < -0.39 is 5.41 Å². The smallest absolute Gasteiger partial charge is 0.140 e. The molecule has 4 heteroatoms. The Morgan fingerprint density at radius 1 is 0.328 bits per heavy atom. The van der Waals surface area contributed by atoms with E-state index in [4.69, 9.17) is 4.42 Å². The molecule has 1 unspecified atom stereocenters. The molecule has 14 rings (SSSR count). The van der Waals surface area contributed by atoms with Gasteiger partial charge in [-0.15, -0.1) is 0 Å². The summed E-state index contributed by atoms with van der Waals surface area (Å²) in [5, 5.41) is 3.56. The first kappa shape index (κ1) is 37.5. The third-order valence-electron chi connectivity index (χ3n) is 14.1. The molecule has 12 aromatic rings. The van der Waals surface area contributed by atoms with Gasteiger partial charge in [0.25, 0.3) is 0 Å². The summed E-state index contributed by atoms with van der Waals surface area (Å²) >= 11 is 0. The van der Waals surface area contributed by atoms with Crippen molar-refractivity contribution >= 4 is 66.9 Å². The first-order valence-corrected chi connectivity index (χ1v) is 23.0. The van der Waals surface area contributed by atoms with Gasteiger partial charge in [-0.05, 0) is 131 Å². The second-order valence-electron chi connectivity index (χ2n) is 17.6. The van der Waals surface area contributed by atoms with Crippen LogP contribution in [-0.4, -0.2) is 4.57 Å². The average Bonchev–Trinajstić information content (AvgIpc) is 4.11. The number of fused-ring (bicyclic) bond motifs is 15. The number of benzene rings is 10. The molecule has 0 saturated heterocycles. The summed E-state index contributed by atoms with van der Waals surface area (Å²) in [6, 6.07) is 90.2. The first-order chi connectivity index (χ1) is 33.3. The lowest BCUT2D eigenvalue weighted by Gasteiger charge is -2.31. The van der Waals surface area contributed by atoms with Crippen LogP contribution in [0.4, 0.5) is 34.1 Å². The van der Waals surface area contributed by atoms with Crippen molar-refractivity contribution in [2.75, 3.05) is 9.80 Å². The molecule has 1 spiro atoms. The molecule has 67 heavy (non-hydrogen) atoms. The van der Waals surface area contributed by atoms with Crippen LogP contribution in [0.1, 0.15) is 22.3 Å². The van der Waals surface area contributed by atoms with Gasteiger partial charge in [-0.25, -0.2) is 0 Å². The minimum absolute atomic E-state index is 0.611. The van der Waals surface area contributed by atoms with Gasteiger partial charge in [0.2, 0.25) is 0 Å². The van der Waals surface area contributed by atoms with E-state index in [0.29, 0.717) is 0 Å². The maximum Gasteiger partial charge on any atom is 0.140 e. The summed E-state index contributed by atoms with van der Waals surface area (Å²) in [6.07, 6.45) is 0. The molecule has 0 amide bonds. The van der Waals surface area contributed by atoms with Crippen molar-refractivity contribution in [2.45, 2.75) is 5.41 Å². The lowest BCUT2D eigenvalue weighted by Crippen LogP contribution is -2.26. The number of hydrogen-bond acceptors (Lipinski definition) is 3. The lowest BCUT2D eigenvalue weighted by molar-refractivity contribution is 0.628. The van der Waals surface area contributed by atoms with Crippen molar-refractivity contribution in [3.63, 3.8) is 0 Å². The predicted octanol–water partition coefficient (Wildman–Crippen LogP) is 16.8. The zero-order chi connectivity index (χ0) is 44.1. The molecule has 2 heterocycles. The molecule has 2 aromatic heterocycles. The highest BCUT2D eigenvalue weighted by Gasteiger charge is 2.54. The third-order valence-corrected chi connectivity index (χ3v) is 14.1. The van der Waals surface area contributed by atoms with E-state index in [2.05, 4.69) is 263 Å². The molecule has 0 bridgehead atoms. The zero-order valence-electron chi connectivity index (χ0n) is 36.4. The van der Waals surface area contributed by atoms with Crippen LogP contribution < -0.4 is 9.80 Å². The van der Waals surface area contributed by atoms with E-state index in [0.717, 1.165) is 62.1 Å². The van der Waals surface area contributed by atoms with Crippen LogP contribution in [0.2, 0.25) is 0 Å². The average molecular weight is 856 g/mol. The molecule has 0 fully saturated rings. The largest absolute Gasteiger partial charge is 0.456 e.